The fourth-order valence-electron chi connectivity index (χ4n) is 3.70. The van der Waals surface area contributed by atoms with Crippen LogP contribution in [0.3, 0.4) is 0 Å². The lowest BCUT2D eigenvalue weighted by Gasteiger charge is -2.22. The van der Waals surface area contributed by atoms with Gasteiger partial charge < -0.3 is 10.1 Å². The highest BCUT2D eigenvalue weighted by molar-refractivity contribution is 5.04. The van der Waals surface area contributed by atoms with Crippen LogP contribution in [0.4, 0.5) is 0 Å². The molecule has 1 saturated heterocycles. The number of nitrogens with one attached hydrogen (secondary N) is 1. The summed E-state index contributed by atoms with van der Waals surface area (Å²) in [6, 6.07) is 0.254. The fraction of sp³-hybridized carbons (Fsp3) is 0.882. The zero-order valence-corrected chi connectivity index (χ0v) is 14.1. The highest BCUT2D eigenvalue weighted by atomic mass is 16.5. The number of ether oxygens (including phenoxy) is 1. The lowest BCUT2D eigenvalue weighted by atomic mass is 9.89. The van der Waals surface area contributed by atoms with Crippen LogP contribution >= 0.6 is 0 Å². The third-order valence-corrected chi connectivity index (χ3v) is 5.28. The summed E-state index contributed by atoms with van der Waals surface area (Å²) >= 11 is 0. The Bertz CT molecular complexity index is 461. The van der Waals surface area contributed by atoms with Crippen LogP contribution in [0, 0.1) is 5.92 Å². The van der Waals surface area contributed by atoms with E-state index in [-0.39, 0.29) is 6.04 Å². The van der Waals surface area contributed by atoms with Crippen molar-refractivity contribution in [3.8, 4) is 0 Å². The monoisotopic (exact) mass is 306 g/mol. The zero-order valence-electron chi connectivity index (χ0n) is 14.1. The summed E-state index contributed by atoms with van der Waals surface area (Å²) in [6.07, 6.45) is 8.97. The molecule has 2 fully saturated rings. The lowest BCUT2D eigenvalue weighted by Crippen LogP contribution is -2.22. The van der Waals surface area contributed by atoms with Crippen molar-refractivity contribution in [1.29, 1.82) is 0 Å². The first kappa shape index (κ1) is 15.9. The molecule has 1 atom stereocenters. The Labute approximate surface area is 133 Å². The second-order valence-electron chi connectivity index (χ2n) is 6.91. The maximum atomic E-state index is 5.47. The summed E-state index contributed by atoms with van der Waals surface area (Å²) in [5, 5.41) is 8.23. The van der Waals surface area contributed by atoms with Crippen LogP contribution in [0.1, 0.15) is 75.5 Å². The van der Waals surface area contributed by atoms with Gasteiger partial charge in [0.1, 0.15) is 5.82 Å². The smallest absolute Gasteiger partial charge is 0.154 e. The van der Waals surface area contributed by atoms with Crippen molar-refractivity contribution in [1.82, 2.24) is 20.1 Å². The number of aromatic nitrogens is 3. The second kappa shape index (κ2) is 7.55. The van der Waals surface area contributed by atoms with Crippen molar-refractivity contribution in [2.45, 2.75) is 70.4 Å². The van der Waals surface area contributed by atoms with Crippen LogP contribution in [0.2, 0.25) is 0 Å². The summed E-state index contributed by atoms with van der Waals surface area (Å²) in [7, 11) is 2.00. The topological polar surface area (TPSA) is 52.0 Å². The Kier molecular flexibility index (Phi) is 5.47. The molecular weight excluding hydrogens is 276 g/mol. The zero-order chi connectivity index (χ0) is 15.4. The molecule has 1 saturated carbocycles. The van der Waals surface area contributed by atoms with Crippen LogP contribution in [-0.2, 0) is 11.3 Å². The third kappa shape index (κ3) is 3.69. The van der Waals surface area contributed by atoms with E-state index in [1.54, 1.807) is 0 Å². The molecule has 0 aromatic carbocycles. The second-order valence-corrected chi connectivity index (χ2v) is 6.91. The van der Waals surface area contributed by atoms with Gasteiger partial charge in [0.25, 0.3) is 0 Å². The van der Waals surface area contributed by atoms with E-state index in [4.69, 9.17) is 14.8 Å². The van der Waals surface area contributed by atoms with Gasteiger partial charge in [0.15, 0.2) is 5.82 Å². The van der Waals surface area contributed by atoms with Crippen molar-refractivity contribution >= 4 is 0 Å². The van der Waals surface area contributed by atoms with E-state index in [0.717, 1.165) is 50.2 Å². The largest absolute Gasteiger partial charge is 0.381 e. The van der Waals surface area contributed by atoms with Crippen molar-refractivity contribution in [3.63, 3.8) is 0 Å². The quantitative estimate of drug-likeness (QED) is 0.908. The van der Waals surface area contributed by atoms with Gasteiger partial charge in [0, 0.05) is 25.7 Å². The first-order chi connectivity index (χ1) is 10.8. The first-order valence-corrected chi connectivity index (χ1v) is 8.97. The molecule has 1 aliphatic heterocycles. The predicted octanol–water partition coefficient (Wildman–Crippen LogP) is 3.03. The van der Waals surface area contributed by atoms with Gasteiger partial charge in [-0.3, -0.25) is 0 Å². The standard InChI is InChI=1S/C17H30N4O/c1-13(18-2)17-19-16(15-8-10-22-11-9-15)20-21(17)12-14-6-4-3-5-7-14/h13-15,18H,3-12H2,1-2H3/t13-/m0/s1. The van der Waals surface area contributed by atoms with Gasteiger partial charge in [-0.25, -0.2) is 9.67 Å². The van der Waals surface area contributed by atoms with Crippen LogP contribution in [0.25, 0.3) is 0 Å². The Morgan fingerprint density at radius 1 is 1.18 bits per heavy atom. The molecular formula is C17H30N4O. The van der Waals surface area contributed by atoms with Gasteiger partial charge in [0.05, 0.1) is 6.04 Å². The molecule has 2 aliphatic rings. The molecule has 5 nitrogen and oxygen atoms in total. The van der Waals surface area contributed by atoms with Crippen molar-refractivity contribution < 1.29 is 4.74 Å². The normalized spacial score (nSPS) is 22.8. The molecule has 0 radical (unpaired) electrons. The van der Waals surface area contributed by atoms with Gasteiger partial charge in [-0.1, -0.05) is 19.3 Å². The highest BCUT2D eigenvalue weighted by Gasteiger charge is 2.25. The van der Waals surface area contributed by atoms with E-state index in [1.807, 2.05) is 7.05 Å². The molecule has 0 unspecified atom stereocenters. The van der Waals surface area contributed by atoms with Gasteiger partial charge in [-0.2, -0.15) is 5.10 Å². The van der Waals surface area contributed by atoms with E-state index >= 15 is 0 Å². The van der Waals surface area contributed by atoms with Crippen LogP contribution in [0.15, 0.2) is 0 Å². The van der Waals surface area contributed by atoms with E-state index in [9.17, 15) is 0 Å². The van der Waals surface area contributed by atoms with Gasteiger partial charge >= 0.3 is 0 Å². The maximum absolute atomic E-state index is 5.47. The van der Waals surface area contributed by atoms with E-state index in [1.165, 1.54) is 32.1 Å². The summed E-state index contributed by atoms with van der Waals surface area (Å²) in [5.74, 6) is 3.40. The van der Waals surface area contributed by atoms with Gasteiger partial charge in [-0.15, -0.1) is 0 Å². The Balaban J connectivity index is 1.77. The minimum atomic E-state index is 0.254. The van der Waals surface area contributed by atoms with E-state index in [2.05, 4.69) is 16.9 Å². The molecule has 1 aliphatic carbocycles. The fourth-order valence-corrected chi connectivity index (χ4v) is 3.70. The van der Waals surface area contributed by atoms with Crippen LogP contribution < -0.4 is 5.32 Å². The Morgan fingerprint density at radius 3 is 2.59 bits per heavy atom. The summed E-state index contributed by atoms with van der Waals surface area (Å²) in [4.78, 5) is 4.90. The molecule has 124 valence electrons. The van der Waals surface area contributed by atoms with Crippen molar-refractivity contribution in [2.24, 2.45) is 5.92 Å². The SMILES string of the molecule is CN[C@@H](C)c1nc(C2CCOCC2)nn1CC1CCCCC1. The summed E-state index contributed by atoms with van der Waals surface area (Å²) < 4.78 is 7.67. The van der Waals surface area contributed by atoms with Crippen molar-refractivity contribution in [2.75, 3.05) is 20.3 Å². The van der Waals surface area contributed by atoms with Crippen LogP contribution in [-0.4, -0.2) is 35.0 Å². The summed E-state index contributed by atoms with van der Waals surface area (Å²) in [5.41, 5.74) is 0. The first-order valence-electron chi connectivity index (χ1n) is 8.97. The molecule has 5 heteroatoms. The molecule has 2 heterocycles. The minimum absolute atomic E-state index is 0.254. The molecule has 0 bridgehead atoms. The molecule has 0 spiro atoms. The molecule has 3 rings (SSSR count). The Hall–Kier alpha value is -0.940. The molecule has 1 N–H and O–H groups in total. The molecule has 1 aromatic heterocycles. The average molecular weight is 306 g/mol. The number of hydrogen-bond acceptors (Lipinski definition) is 4. The van der Waals surface area contributed by atoms with Crippen LogP contribution in [0.5, 0.6) is 0 Å². The number of hydrogen-bond donors (Lipinski definition) is 1. The number of nitrogens with zero attached hydrogens (tertiary/aromatic N) is 3. The van der Waals surface area contributed by atoms with Gasteiger partial charge in [-0.05, 0) is 45.6 Å². The lowest BCUT2D eigenvalue weighted by molar-refractivity contribution is 0.0835. The maximum Gasteiger partial charge on any atom is 0.154 e. The van der Waals surface area contributed by atoms with E-state index in [0.29, 0.717) is 5.92 Å². The van der Waals surface area contributed by atoms with Gasteiger partial charge in [0.2, 0.25) is 0 Å². The summed E-state index contributed by atoms with van der Waals surface area (Å²) in [6.45, 7) is 4.91. The molecule has 22 heavy (non-hydrogen) atoms. The average Bonchev–Trinajstić information content (AvgIpc) is 3.00. The Morgan fingerprint density at radius 2 is 1.91 bits per heavy atom. The number of rotatable bonds is 5. The van der Waals surface area contributed by atoms with E-state index < -0.39 is 0 Å². The predicted molar refractivity (Wildman–Crippen MR) is 86.9 cm³/mol. The molecule has 0 amide bonds. The molecule has 1 aromatic rings. The van der Waals surface area contributed by atoms with Crippen molar-refractivity contribution in [3.05, 3.63) is 11.6 Å². The highest BCUT2D eigenvalue weighted by Crippen LogP contribution is 2.28. The minimum Gasteiger partial charge on any atom is -0.381 e. The third-order valence-electron chi connectivity index (χ3n) is 5.28.